The van der Waals surface area contributed by atoms with Crippen LogP contribution in [0.1, 0.15) is 41.9 Å². The average molecular weight is 496 g/mol. The first-order valence-electron chi connectivity index (χ1n) is 12.4. The normalized spacial score (nSPS) is 10.2. The number of unbranched alkanes of at least 4 members (excludes halogenated alkanes) is 2. The second-order valence-corrected chi connectivity index (χ2v) is 8.50. The maximum Gasteiger partial charge on any atom is 0.254 e. The van der Waals surface area contributed by atoms with Gasteiger partial charge in [0.05, 0.1) is 13.2 Å². The lowest BCUT2D eigenvalue weighted by Crippen LogP contribution is -2.22. The molecule has 0 unspecified atom stereocenters. The standard InChI is InChI=1S/C29H31N3O3.C2H2/c1-23-19-27(35-22-28-30-16-8-17-31-28)20-29(33)32(23)21-25-12-14-26(15-13-25)34-18-7-3-6-11-24-9-4-2-5-10-24;1-2/h2,4-5,8-10,12-17,19-20H,3,6-7,11,18,21-22H2,1H3;1-2H. The molecule has 0 radical (unpaired) electrons. The van der Waals surface area contributed by atoms with Crippen molar-refractivity contribution in [3.63, 3.8) is 0 Å². The molecule has 0 aliphatic heterocycles. The number of hydrogen-bond acceptors (Lipinski definition) is 5. The van der Waals surface area contributed by atoms with Crippen molar-refractivity contribution in [2.75, 3.05) is 6.61 Å². The third-order valence-electron chi connectivity index (χ3n) is 5.78. The number of hydrogen-bond donors (Lipinski definition) is 0. The van der Waals surface area contributed by atoms with Crippen LogP contribution in [0.2, 0.25) is 0 Å². The molecule has 2 aromatic heterocycles. The first-order valence-corrected chi connectivity index (χ1v) is 12.4. The highest BCUT2D eigenvalue weighted by Crippen LogP contribution is 2.16. The molecule has 2 aromatic carbocycles. The van der Waals surface area contributed by atoms with Crippen LogP contribution in [0.25, 0.3) is 0 Å². The molecule has 0 bridgehead atoms. The monoisotopic (exact) mass is 495 g/mol. The summed E-state index contributed by atoms with van der Waals surface area (Å²) >= 11 is 0. The summed E-state index contributed by atoms with van der Waals surface area (Å²) in [6, 6.07) is 23.7. The molecule has 0 aliphatic rings. The SMILES string of the molecule is C#C.Cc1cc(OCc2ncccn2)cc(=O)n1Cc1ccc(OCCCCCc2ccccc2)cc1. The number of aryl methyl sites for hydroxylation is 2. The van der Waals surface area contributed by atoms with Crippen LogP contribution in [0.5, 0.6) is 11.5 Å². The van der Waals surface area contributed by atoms with Gasteiger partial charge in [0.1, 0.15) is 18.1 Å². The number of aromatic nitrogens is 3. The summed E-state index contributed by atoms with van der Waals surface area (Å²) in [5.41, 5.74) is 3.15. The molecule has 0 atom stereocenters. The molecule has 6 heteroatoms. The number of nitrogens with zero attached hydrogens (tertiary/aromatic N) is 3. The minimum Gasteiger partial charge on any atom is -0.494 e. The Labute approximate surface area is 219 Å². The van der Waals surface area contributed by atoms with Gasteiger partial charge in [-0.1, -0.05) is 42.5 Å². The molecule has 6 nitrogen and oxygen atoms in total. The van der Waals surface area contributed by atoms with E-state index in [9.17, 15) is 4.79 Å². The largest absolute Gasteiger partial charge is 0.494 e. The number of pyridine rings is 1. The van der Waals surface area contributed by atoms with Gasteiger partial charge in [-0.25, -0.2) is 9.97 Å². The van der Waals surface area contributed by atoms with E-state index in [1.54, 1.807) is 23.0 Å². The van der Waals surface area contributed by atoms with Gasteiger partial charge in [0.15, 0.2) is 5.82 Å². The second-order valence-electron chi connectivity index (χ2n) is 8.50. The molecule has 190 valence electrons. The fourth-order valence-electron chi connectivity index (χ4n) is 3.85. The lowest BCUT2D eigenvalue weighted by Gasteiger charge is -2.13. The molecule has 0 amide bonds. The number of benzene rings is 2. The third-order valence-corrected chi connectivity index (χ3v) is 5.78. The first-order chi connectivity index (χ1) is 18.2. The number of rotatable bonds is 12. The molecule has 0 N–H and O–H groups in total. The molecule has 4 rings (SSSR count). The van der Waals surface area contributed by atoms with E-state index < -0.39 is 0 Å². The molecule has 4 aromatic rings. The molecule has 0 spiro atoms. The zero-order chi connectivity index (χ0) is 26.3. The minimum atomic E-state index is -0.107. The van der Waals surface area contributed by atoms with Crippen molar-refractivity contribution in [2.24, 2.45) is 0 Å². The Morgan fingerprint density at radius 3 is 2.22 bits per heavy atom. The predicted molar refractivity (Wildman–Crippen MR) is 147 cm³/mol. The van der Waals surface area contributed by atoms with Crippen molar-refractivity contribution in [3.05, 3.63) is 118 Å². The van der Waals surface area contributed by atoms with Crippen LogP contribution in [0.15, 0.2) is 90.0 Å². The van der Waals surface area contributed by atoms with Crippen molar-refractivity contribution < 1.29 is 9.47 Å². The number of ether oxygens (including phenoxy) is 2. The number of terminal acetylenes is 1. The van der Waals surface area contributed by atoms with Gasteiger partial charge in [-0.15, -0.1) is 12.8 Å². The molecule has 0 fully saturated rings. The van der Waals surface area contributed by atoms with Crippen molar-refractivity contribution in [2.45, 2.75) is 45.8 Å². The molecular formula is C31H33N3O3. The topological polar surface area (TPSA) is 66.2 Å². The summed E-state index contributed by atoms with van der Waals surface area (Å²) in [7, 11) is 0. The van der Waals surface area contributed by atoms with E-state index in [2.05, 4.69) is 53.1 Å². The van der Waals surface area contributed by atoms with Gasteiger partial charge in [0.25, 0.3) is 5.56 Å². The van der Waals surface area contributed by atoms with Crippen LogP contribution in [0.4, 0.5) is 0 Å². The third kappa shape index (κ3) is 8.97. The molecule has 37 heavy (non-hydrogen) atoms. The first kappa shape index (κ1) is 27.2. The Morgan fingerprint density at radius 2 is 1.51 bits per heavy atom. The Morgan fingerprint density at radius 1 is 0.784 bits per heavy atom. The van der Waals surface area contributed by atoms with Crippen LogP contribution in [0, 0.1) is 19.8 Å². The van der Waals surface area contributed by atoms with E-state index in [1.807, 2.05) is 37.3 Å². The van der Waals surface area contributed by atoms with Gasteiger partial charge in [0.2, 0.25) is 0 Å². The van der Waals surface area contributed by atoms with Gasteiger partial charge >= 0.3 is 0 Å². The van der Waals surface area contributed by atoms with E-state index in [0.717, 1.165) is 36.3 Å². The van der Waals surface area contributed by atoms with Gasteiger partial charge in [-0.2, -0.15) is 0 Å². The second kappa shape index (κ2) is 14.9. The van der Waals surface area contributed by atoms with Crippen LogP contribution in [-0.4, -0.2) is 21.1 Å². The van der Waals surface area contributed by atoms with Gasteiger partial charge in [-0.05, 0) is 68.0 Å². The lowest BCUT2D eigenvalue weighted by molar-refractivity contribution is 0.294. The van der Waals surface area contributed by atoms with Crippen molar-refractivity contribution >= 4 is 0 Å². The highest BCUT2D eigenvalue weighted by molar-refractivity contribution is 5.29. The van der Waals surface area contributed by atoms with E-state index in [1.165, 1.54) is 18.1 Å². The van der Waals surface area contributed by atoms with Crippen molar-refractivity contribution in [1.82, 2.24) is 14.5 Å². The van der Waals surface area contributed by atoms with Gasteiger partial charge in [-0.3, -0.25) is 4.79 Å². The Hall–Kier alpha value is -4.37. The fourth-order valence-corrected chi connectivity index (χ4v) is 3.85. The summed E-state index contributed by atoms with van der Waals surface area (Å²) in [6.07, 6.45) is 15.8. The maximum absolute atomic E-state index is 12.7. The fraction of sp³-hybridized carbons (Fsp3) is 0.258. The van der Waals surface area contributed by atoms with Crippen LogP contribution >= 0.6 is 0 Å². The van der Waals surface area contributed by atoms with Crippen LogP contribution < -0.4 is 15.0 Å². The highest BCUT2D eigenvalue weighted by Gasteiger charge is 2.07. The van der Waals surface area contributed by atoms with E-state index in [-0.39, 0.29) is 12.2 Å². The van der Waals surface area contributed by atoms with E-state index >= 15 is 0 Å². The molecule has 0 saturated heterocycles. The average Bonchev–Trinajstić information content (AvgIpc) is 2.94. The van der Waals surface area contributed by atoms with E-state index in [0.29, 0.717) is 24.7 Å². The predicted octanol–water partition coefficient (Wildman–Crippen LogP) is 5.62. The summed E-state index contributed by atoms with van der Waals surface area (Å²) in [4.78, 5) is 21.0. The highest BCUT2D eigenvalue weighted by atomic mass is 16.5. The summed E-state index contributed by atoms with van der Waals surface area (Å²) in [6.45, 7) is 3.33. The Kier molecular flexibility index (Phi) is 11.0. The zero-order valence-electron chi connectivity index (χ0n) is 21.3. The molecular weight excluding hydrogens is 462 g/mol. The smallest absolute Gasteiger partial charge is 0.254 e. The molecule has 0 saturated carbocycles. The maximum atomic E-state index is 12.7. The van der Waals surface area contributed by atoms with Crippen LogP contribution in [0.3, 0.4) is 0 Å². The van der Waals surface area contributed by atoms with Crippen molar-refractivity contribution in [3.8, 4) is 24.3 Å². The lowest BCUT2D eigenvalue weighted by atomic mass is 10.1. The summed E-state index contributed by atoms with van der Waals surface area (Å²) in [5, 5.41) is 0. The van der Waals surface area contributed by atoms with E-state index in [4.69, 9.17) is 9.47 Å². The van der Waals surface area contributed by atoms with Gasteiger partial charge in [0, 0.05) is 24.2 Å². The van der Waals surface area contributed by atoms with Crippen molar-refractivity contribution in [1.29, 1.82) is 0 Å². The minimum absolute atomic E-state index is 0.107. The zero-order valence-corrected chi connectivity index (χ0v) is 21.3. The van der Waals surface area contributed by atoms with Gasteiger partial charge < -0.3 is 14.0 Å². The molecule has 0 aliphatic carbocycles. The Balaban J connectivity index is 0.00000186. The van der Waals surface area contributed by atoms with Crippen LogP contribution in [-0.2, 0) is 19.6 Å². The Bertz CT molecular complexity index is 1280. The summed E-state index contributed by atoms with van der Waals surface area (Å²) < 4.78 is 13.3. The molecule has 2 heterocycles. The summed E-state index contributed by atoms with van der Waals surface area (Å²) in [5.74, 6) is 1.94. The quantitative estimate of drug-likeness (QED) is 0.189.